The Balaban J connectivity index is 1.39. The summed E-state index contributed by atoms with van der Waals surface area (Å²) in [7, 11) is -2.21. The monoisotopic (exact) mass is 434 g/mol. The van der Waals surface area contributed by atoms with Crippen LogP contribution in [-0.4, -0.2) is 50.3 Å². The van der Waals surface area contributed by atoms with Crippen molar-refractivity contribution < 1.29 is 22.7 Å². The van der Waals surface area contributed by atoms with Gasteiger partial charge in [0, 0.05) is 19.0 Å². The number of ether oxygens (including phenoxy) is 1. The van der Waals surface area contributed by atoms with E-state index in [9.17, 15) is 18.0 Å². The average Bonchev–Trinajstić information content (AvgIpc) is 3.42. The molecule has 1 aromatic carbocycles. The molecule has 0 bridgehead atoms. The van der Waals surface area contributed by atoms with Crippen molar-refractivity contribution in [3.05, 3.63) is 29.3 Å². The van der Waals surface area contributed by atoms with Gasteiger partial charge in [-0.2, -0.15) is 4.31 Å². The number of piperidine rings is 1. The zero-order valence-electron chi connectivity index (χ0n) is 17.5. The van der Waals surface area contributed by atoms with Gasteiger partial charge in [0.15, 0.2) is 0 Å². The van der Waals surface area contributed by atoms with Gasteiger partial charge in [0.25, 0.3) is 0 Å². The number of esters is 1. The highest BCUT2D eigenvalue weighted by atomic mass is 32.2. The summed E-state index contributed by atoms with van der Waals surface area (Å²) in [4.78, 5) is 25.4. The van der Waals surface area contributed by atoms with Crippen molar-refractivity contribution >= 4 is 21.9 Å². The number of amides is 1. The summed E-state index contributed by atoms with van der Waals surface area (Å²) < 4.78 is 32.6. The Bertz CT molecular complexity index is 929. The van der Waals surface area contributed by atoms with E-state index in [0.717, 1.165) is 37.7 Å². The second kappa shape index (κ2) is 8.30. The minimum Gasteiger partial charge on any atom is -0.467 e. The molecule has 0 aromatic heterocycles. The predicted octanol–water partition coefficient (Wildman–Crippen LogP) is 2.18. The first-order valence-corrected chi connectivity index (χ1v) is 12.3. The molecular formula is C22H30N2O5S. The van der Waals surface area contributed by atoms with Gasteiger partial charge >= 0.3 is 5.97 Å². The second-order valence-electron chi connectivity index (χ2n) is 8.73. The summed E-state index contributed by atoms with van der Waals surface area (Å²) in [5.41, 5.74) is 1.46. The van der Waals surface area contributed by atoms with Gasteiger partial charge in [-0.3, -0.25) is 4.79 Å². The van der Waals surface area contributed by atoms with Crippen molar-refractivity contribution in [1.82, 2.24) is 9.62 Å². The third kappa shape index (κ3) is 3.87. The summed E-state index contributed by atoms with van der Waals surface area (Å²) >= 11 is 0. The van der Waals surface area contributed by atoms with Crippen molar-refractivity contribution in [3.8, 4) is 0 Å². The van der Waals surface area contributed by atoms with Crippen LogP contribution in [0.15, 0.2) is 23.1 Å². The first-order valence-electron chi connectivity index (χ1n) is 10.9. The van der Waals surface area contributed by atoms with Gasteiger partial charge in [-0.05, 0) is 68.2 Å². The van der Waals surface area contributed by atoms with Crippen molar-refractivity contribution in [3.63, 3.8) is 0 Å². The SMILES string of the molecule is COC(=O)C1(NC(=O)C2CCN(S(=O)(=O)c3ccc4c(c3)CCC4)CC2)CCCC1. The fourth-order valence-corrected chi connectivity index (χ4v) is 6.63. The molecule has 0 spiro atoms. The molecule has 1 aliphatic heterocycles. The first kappa shape index (κ1) is 21.3. The zero-order valence-corrected chi connectivity index (χ0v) is 18.3. The van der Waals surface area contributed by atoms with E-state index in [4.69, 9.17) is 4.74 Å². The summed E-state index contributed by atoms with van der Waals surface area (Å²) in [5, 5.41) is 2.94. The summed E-state index contributed by atoms with van der Waals surface area (Å²) in [6.45, 7) is 0.617. The van der Waals surface area contributed by atoms with Crippen LogP contribution in [0.5, 0.6) is 0 Å². The van der Waals surface area contributed by atoms with Crippen LogP contribution in [-0.2, 0) is 37.2 Å². The van der Waals surface area contributed by atoms with Crippen LogP contribution in [0, 0.1) is 5.92 Å². The molecule has 3 aliphatic rings. The molecule has 1 amide bonds. The van der Waals surface area contributed by atoms with E-state index < -0.39 is 15.6 Å². The fourth-order valence-electron chi connectivity index (χ4n) is 5.11. The molecule has 164 valence electrons. The molecule has 1 saturated carbocycles. The molecule has 4 rings (SSSR count). The third-order valence-electron chi connectivity index (χ3n) is 6.93. The van der Waals surface area contributed by atoms with Crippen molar-refractivity contribution in [2.24, 2.45) is 5.92 Å². The lowest BCUT2D eigenvalue weighted by atomic mass is 9.92. The number of carbonyl (C=O) groups excluding carboxylic acids is 2. The highest BCUT2D eigenvalue weighted by Gasteiger charge is 2.45. The molecule has 2 aliphatic carbocycles. The second-order valence-corrected chi connectivity index (χ2v) is 10.7. The lowest BCUT2D eigenvalue weighted by molar-refractivity contribution is -0.151. The molecular weight excluding hydrogens is 404 g/mol. The molecule has 2 fully saturated rings. The maximum absolute atomic E-state index is 13.1. The lowest BCUT2D eigenvalue weighted by Crippen LogP contribution is -2.55. The number of benzene rings is 1. The number of hydrogen-bond acceptors (Lipinski definition) is 5. The third-order valence-corrected chi connectivity index (χ3v) is 8.82. The quantitative estimate of drug-likeness (QED) is 0.717. The highest BCUT2D eigenvalue weighted by molar-refractivity contribution is 7.89. The molecule has 1 aromatic rings. The zero-order chi connectivity index (χ0) is 21.4. The van der Waals surface area contributed by atoms with Crippen molar-refractivity contribution in [1.29, 1.82) is 0 Å². The molecule has 8 heteroatoms. The van der Waals surface area contributed by atoms with Crippen LogP contribution in [0.3, 0.4) is 0 Å². The number of carbonyl (C=O) groups is 2. The molecule has 1 heterocycles. The summed E-state index contributed by atoms with van der Waals surface area (Å²) in [6.07, 6.45) is 6.88. The number of methoxy groups -OCH3 is 1. The average molecular weight is 435 g/mol. The van der Waals surface area contributed by atoms with E-state index in [1.807, 2.05) is 12.1 Å². The van der Waals surface area contributed by atoms with E-state index in [1.54, 1.807) is 6.07 Å². The molecule has 7 nitrogen and oxygen atoms in total. The fraction of sp³-hybridized carbons (Fsp3) is 0.636. The smallest absolute Gasteiger partial charge is 0.331 e. The number of aryl methyl sites for hydroxylation is 2. The van der Waals surface area contributed by atoms with Gasteiger partial charge in [0.1, 0.15) is 5.54 Å². The lowest BCUT2D eigenvalue weighted by Gasteiger charge is -2.33. The topological polar surface area (TPSA) is 92.8 Å². The van der Waals surface area contributed by atoms with Crippen molar-refractivity contribution in [2.75, 3.05) is 20.2 Å². The summed E-state index contributed by atoms with van der Waals surface area (Å²) in [5.74, 6) is -0.847. The van der Waals surface area contributed by atoms with Crippen LogP contribution in [0.1, 0.15) is 56.1 Å². The molecule has 1 N–H and O–H groups in total. The van der Waals surface area contributed by atoms with Gasteiger partial charge < -0.3 is 10.1 Å². The van der Waals surface area contributed by atoms with Gasteiger partial charge in [0.05, 0.1) is 12.0 Å². The Morgan fingerprint density at radius 2 is 1.73 bits per heavy atom. The number of hydrogen-bond donors (Lipinski definition) is 1. The van der Waals surface area contributed by atoms with Crippen LogP contribution in [0.4, 0.5) is 0 Å². The van der Waals surface area contributed by atoms with Crippen molar-refractivity contribution in [2.45, 2.75) is 68.2 Å². The van der Waals surface area contributed by atoms with Gasteiger partial charge in [-0.25, -0.2) is 13.2 Å². The minimum absolute atomic E-state index is 0.170. The largest absolute Gasteiger partial charge is 0.467 e. The Morgan fingerprint density at radius 1 is 1.07 bits per heavy atom. The van der Waals surface area contributed by atoms with Crippen LogP contribution in [0.2, 0.25) is 0 Å². The van der Waals surface area contributed by atoms with E-state index in [1.165, 1.54) is 17.0 Å². The molecule has 1 saturated heterocycles. The molecule has 0 radical (unpaired) electrons. The van der Waals surface area contributed by atoms with E-state index in [2.05, 4.69) is 5.32 Å². The maximum Gasteiger partial charge on any atom is 0.331 e. The van der Waals surface area contributed by atoms with E-state index in [0.29, 0.717) is 43.7 Å². The van der Waals surface area contributed by atoms with Crippen LogP contribution >= 0.6 is 0 Å². The number of nitrogens with one attached hydrogen (secondary N) is 1. The summed E-state index contributed by atoms with van der Waals surface area (Å²) in [6, 6.07) is 5.46. The maximum atomic E-state index is 13.1. The van der Waals surface area contributed by atoms with E-state index >= 15 is 0 Å². The Kier molecular flexibility index (Phi) is 5.90. The Labute approximate surface area is 178 Å². The van der Waals surface area contributed by atoms with Crippen LogP contribution in [0.25, 0.3) is 0 Å². The van der Waals surface area contributed by atoms with Crippen LogP contribution < -0.4 is 5.32 Å². The molecule has 30 heavy (non-hydrogen) atoms. The number of rotatable bonds is 5. The molecule has 0 unspecified atom stereocenters. The van der Waals surface area contributed by atoms with Gasteiger partial charge in [-0.15, -0.1) is 0 Å². The normalized spacial score (nSPS) is 21.9. The Hall–Kier alpha value is -1.93. The number of sulfonamides is 1. The standard InChI is InChI=1S/C22H30N2O5S/c1-29-21(26)22(11-2-3-12-22)23-20(25)17-9-13-24(14-10-17)30(27,28)19-8-7-16-5-4-6-18(16)15-19/h7-8,15,17H,2-6,9-14H2,1H3,(H,23,25). The first-order chi connectivity index (χ1) is 14.4. The Morgan fingerprint density at radius 3 is 2.40 bits per heavy atom. The minimum atomic E-state index is -3.56. The van der Waals surface area contributed by atoms with Gasteiger partial charge in [-0.1, -0.05) is 18.9 Å². The highest BCUT2D eigenvalue weighted by Crippen LogP contribution is 2.33. The van der Waals surface area contributed by atoms with Gasteiger partial charge in [0.2, 0.25) is 15.9 Å². The molecule has 0 atom stereocenters. The number of nitrogens with zero attached hydrogens (tertiary/aromatic N) is 1. The predicted molar refractivity (Wildman–Crippen MR) is 111 cm³/mol. The number of fused-ring (bicyclic) bond motifs is 1. The van der Waals surface area contributed by atoms with E-state index in [-0.39, 0.29) is 17.8 Å².